The van der Waals surface area contributed by atoms with Gasteiger partial charge in [-0.25, -0.2) is 0 Å². The molecule has 0 unspecified atom stereocenters. The summed E-state index contributed by atoms with van der Waals surface area (Å²) in [6.07, 6.45) is 0. The fourth-order valence-electron chi connectivity index (χ4n) is 8.34. The Morgan fingerprint density at radius 3 is 1.92 bits per heavy atom. The van der Waals surface area contributed by atoms with E-state index in [4.69, 9.17) is 0 Å². The predicted molar refractivity (Wildman–Crippen MR) is 222 cm³/mol. The van der Waals surface area contributed by atoms with Crippen LogP contribution in [0.2, 0.25) is 0 Å². The first-order valence-electron chi connectivity index (χ1n) is 18.5. The van der Waals surface area contributed by atoms with Gasteiger partial charge in [0.25, 0.3) is 6.71 Å². The van der Waals surface area contributed by atoms with E-state index in [1.54, 1.807) is 0 Å². The number of nitrogens with zero attached hydrogens (tertiary/aromatic N) is 3. The van der Waals surface area contributed by atoms with Crippen molar-refractivity contribution >= 4 is 85.1 Å². The Morgan fingerprint density at radius 2 is 1.13 bits per heavy atom. The van der Waals surface area contributed by atoms with Crippen molar-refractivity contribution in [3.8, 4) is 0 Å². The Labute approximate surface area is 307 Å². The third-order valence-corrected chi connectivity index (χ3v) is 10.7. The summed E-state index contributed by atoms with van der Waals surface area (Å²) in [5, 5.41) is 2.39. The molecule has 52 heavy (non-hydrogen) atoms. The smallest absolute Gasteiger partial charge is 0.252 e. The fourth-order valence-corrected chi connectivity index (χ4v) is 8.34. The van der Waals surface area contributed by atoms with Crippen LogP contribution in [0, 0.1) is 13.8 Å². The van der Waals surface area contributed by atoms with Gasteiger partial charge in [0.15, 0.2) is 0 Å². The van der Waals surface area contributed by atoms with E-state index in [0.29, 0.717) is 6.04 Å². The number of aryl methyl sites for hydroxylation is 2. The monoisotopic (exact) mass is 666 g/mol. The van der Waals surface area contributed by atoms with Crippen molar-refractivity contribution in [3.05, 3.63) is 193 Å². The summed E-state index contributed by atoms with van der Waals surface area (Å²) in [7, 11) is 0. The maximum Gasteiger partial charge on any atom is 0.252 e. The van der Waals surface area contributed by atoms with Gasteiger partial charge in [-0.3, -0.25) is 0 Å². The van der Waals surface area contributed by atoms with Gasteiger partial charge < -0.3 is 14.7 Å². The Kier molecular flexibility index (Phi) is 6.79. The van der Waals surface area contributed by atoms with Crippen LogP contribution in [0.3, 0.4) is 0 Å². The van der Waals surface area contributed by atoms with Gasteiger partial charge in [-0.05, 0) is 108 Å². The molecule has 2 aliphatic rings. The average molecular weight is 667 g/mol. The van der Waals surface area contributed by atoms with Crippen LogP contribution in [0.1, 0.15) is 12.5 Å². The zero-order chi connectivity index (χ0) is 35.6. The second-order valence-corrected chi connectivity index (χ2v) is 13.9. The summed E-state index contributed by atoms with van der Waals surface area (Å²) < 4.78 is 9.26. The molecule has 4 heteroatoms. The first-order chi connectivity index (χ1) is 26.0. The van der Waals surface area contributed by atoms with Crippen LogP contribution in [0.5, 0.6) is 0 Å². The van der Waals surface area contributed by atoms with Crippen LogP contribution in [0.25, 0.3) is 10.8 Å². The Bertz CT molecular complexity index is 2670. The molecular formula is C48H36BN3. The van der Waals surface area contributed by atoms with Crippen molar-refractivity contribution in [1.29, 1.82) is 0 Å². The van der Waals surface area contributed by atoms with Gasteiger partial charge >= 0.3 is 0 Å². The SMILES string of the molecule is [2H]c1cc2c3c(c1)N(c1ccccc1)c1cc(N(c4ccccc4)c4cccc5ccccc45)ccc1B3c1cc(C)ccc1N2c1ccc(C)cc1. The summed E-state index contributed by atoms with van der Waals surface area (Å²) in [5.74, 6) is 0. The first kappa shape index (κ1) is 29.2. The van der Waals surface area contributed by atoms with Crippen LogP contribution in [0.4, 0.5) is 51.2 Å². The number of benzene rings is 8. The molecule has 0 bridgehead atoms. The van der Waals surface area contributed by atoms with Crippen molar-refractivity contribution in [2.24, 2.45) is 0 Å². The van der Waals surface area contributed by atoms with Crippen molar-refractivity contribution in [2.75, 3.05) is 14.7 Å². The van der Waals surface area contributed by atoms with Crippen molar-refractivity contribution in [3.63, 3.8) is 0 Å². The molecule has 10 rings (SSSR count). The van der Waals surface area contributed by atoms with E-state index in [1.165, 1.54) is 38.3 Å². The summed E-state index contributed by atoms with van der Waals surface area (Å²) in [4.78, 5) is 7.13. The molecule has 0 aliphatic carbocycles. The zero-order valence-electron chi connectivity index (χ0n) is 30.2. The lowest BCUT2D eigenvalue weighted by Gasteiger charge is -2.44. The fraction of sp³-hybridized carbons (Fsp3) is 0.0417. The predicted octanol–water partition coefficient (Wildman–Crippen LogP) is 11.0. The molecule has 0 saturated carbocycles. The minimum absolute atomic E-state index is 0.0241. The van der Waals surface area contributed by atoms with Crippen molar-refractivity contribution in [1.82, 2.24) is 0 Å². The number of anilines is 9. The van der Waals surface area contributed by atoms with Crippen LogP contribution in [-0.4, -0.2) is 6.71 Å². The molecule has 2 heterocycles. The third kappa shape index (κ3) is 4.75. The first-order valence-corrected chi connectivity index (χ1v) is 18.0. The highest BCUT2D eigenvalue weighted by Crippen LogP contribution is 2.46. The van der Waals surface area contributed by atoms with E-state index >= 15 is 0 Å². The van der Waals surface area contributed by atoms with Gasteiger partial charge in [0.1, 0.15) is 0 Å². The van der Waals surface area contributed by atoms with Gasteiger partial charge in [-0.2, -0.15) is 0 Å². The van der Waals surface area contributed by atoms with Gasteiger partial charge in [-0.15, -0.1) is 0 Å². The van der Waals surface area contributed by atoms with Gasteiger partial charge in [0.2, 0.25) is 0 Å². The Hall–Kier alpha value is -6.52. The Balaban J connectivity index is 1.27. The summed E-state index contributed by atoms with van der Waals surface area (Å²) >= 11 is 0. The van der Waals surface area contributed by atoms with E-state index < -0.39 is 0 Å². The number of fused-ring (bicyclic) bond motifs is 5. The lowest BCUT2D eigenvalue weighted by Crippen LogP contribution is -2.61. The maximum absolute atomic E-state index is 9.26. The van der Waals surface area contributed by atoms with Gasteiger partial charge in [-0.1, -0.05) is 120 Å². The molecule has 0 atom stereocenters. The minimum atomic E-state index is -0.0241. The number of rotatable bonds is 5. The highest BCUT2D eigenvalue weighted by atomic mass is 15.2. The van der Waals surface area contributed by atoms with Crippen LogP contribution in [0.15, 0.2) is 182 Å². The minimum Gasteiger partial charge on any atom is -0.311 e. The number of para-hydroxylation sites is 2. The highest BCUT2D eigenvalue weighted by molar-refractivity contribution is 7.00. The molecule has 0 aromatic heterocycles. The zero-order valence-corrected chi connectivity index (χ0v) is 29.2. The van der Waals surface area contributed by atoms with Gasteiger partial charge in [0, 0.05) is 50.9 Å². The van der Waals surface area contributed by atoms with E-state index in [9.17, 15) is 1.37 Å². The molecular weight excluding hydrogens is 629 g/mol. The Morgan fingerprint density at radius 1 is 0.481 bits per heavy atom. The standard InChI is InChI=1S/C48H36BN3/c1-33-23-26-38(27-24-33)51-44-30-25-34(2)31-42(44)49-41-29-28-39(32-47(41)52(37-17-7-4-8-18-37)46-22-12-21-45(51)48(46)49)50(36-15-5-3-6-16-36)43-20-11-14-35-13-9-10-19-40(35)43/h3-32H,1-2H3/i12D. The van der Waals surface area contributed by atoms with Crippen molar-refractivity contribution < 1.29 is 1.37 Å². The molecule has 0 saturated heterocycles. The topological polar surface area (TPSA) is 9.72 Å². The molecule has 0 amide bonds. The maximum atomic E-state index is 9.26. The largest absolute Gasteiger partial charge is 0.311 e. The van der Waals surface area contributed by atoms with Gasteiger partial charge in [0.05, 0.1) is 7.06 Å². The number of hydrogen-bond acceptors (Lipinski definition) is 3. The van der Waals surface area contributed by atoms with E-state index in [1.807, 2.05) is 0 Å². The molecule has 8 aromatic carbocycles. The average Bonchev–Trinajstić information content (AvgIpc) is 3.19. The van der Waals surface area contributed by atoms with Crippen LogP contribution >= 0.6 is 0 Å². The van der Waals surface area contributed by atoms with E-state index in [-0.39, 0.29) is 6.71 Å². The number of hydrogen-bond donors (Lipinski definition) is 0. The summed E-state index contributed by atoms with van der Waals surface area (Å²) in [6.45, 7) is 4.29. The third-order valence-electron chi connectivity index (χ3n) is 10.7. The van der Waals surface area contributed by atoms with Crippen LogP contribution in [-0.2, 0) is 0 Å². The lowest BCUT2D eigenvalue weighted by atomic mass is 9.33. The quantitative estimate of drug-likeness (QED) is 0.169. The van der Waals surface area contributed by atoms with E-state index in [2.05, 4.69) is 204 Å². The molecule has 0 N–H and O–H groups in total. The normalized spacial score (nSPS) is 13.0. The second kappa shape index (κ2) is 12.1. The van der Waals surface area contributed by atoms with E-state index in [0.717, 1.165) is 51.2 Å². The molecule has 246 valence electrons. The lowest BCUT2D eigenvalue weighted by molar-refractivity contribution is 1.24. The molecule has 0 fully saturated rings. The molecule has 0 radical (unpaired) electrons. The second-order valence-electron chi connectivity index (χ2n) is 13.9. The summed E-state index contributed by atoms with van der Waals surface area (Å²) in [5.41, 5.74) is 16.0. The van der Waals surface area contributed by atoms with Crippen LogP contribution < -0.4 is 31.1 Å². The highest BCUT2D eigenvalue weighted by Gasteiger charge is 2.43. The molecule has 8 aromatic rings. The molecule has 0 spiro atoms. The molecule has 2 aliphatic heterocycles. The summed E-state index contributed by atoms with van der Waals surface area (Å²) in [6, 6.07) is 63.6. The molecule has 3 nitrogen and oxygen atoms in total. The van der Waals surface area contributed by atoms with Crippen molar-refractivity contribution in [2.45, 2.75) is 13.8 Å².